The number of aliphatic hydroxyl groups excluding tert-OH is 1. The van der Waals surface area contributed by atoms with E-state index in [2.05, 4.69) is 12.2 Å². The van der Waals surface area contributed by atoms with Crippen molar-refractivity contribution in [2.75, 3.05) is 46.4 Å². The average molecular weight is 905 g/mol. The van der Waals surface area contributed by atoms with Gasteiger partial charge in [0.05, 0.1) is 49.9 Å². The number of aliphatic hydroxyl groups is 1. The van der Waals surface area contributed by atoms with E-state index >= 15 is 0 Å². The van der Waals surface area contributed by atoms with Gasteiger partial charge in [0.2, 0.25) is 16.4 Å². The van der Waals surface area contributed by atoms with E-state index in [0.29, 0.717) is 24.3 Å². The molecule has 2 aliphatic rings. The van der Waals surface area contributed by atoms with Crippen LogP contribution in [0.2, 0.25) is 0 Å². The van der Waals surface area contributed by atoms with Gasteiger partial charge in [-0.25, -0.2) is 22.6 Å². The third kappa shape index (κ3) is 13.9. The second kappa shape index (κ2) is 22.9. The zero-order valence-corrected chi connectivity index (χ0v) is 38.0. The number of hydrogen-bond acceptors (Lipinski definition) is 14. The Labute approximate surface area is 365 Å². The number of methoxy groups -OCH3 is 1. The van der Waals surface area contributed by atoms with E-state index in [0.717, 1.165) is 24.8 Å². The molecule has 2 aliphatic heterocycles. The highest BCUT2D eigenvalue weighted by Gasteiger charge is 2.44. The van der Waals surface area contributed by atoms with Gasteiger partial charge in [-0.05, 0) is 105 Å². The molecule has 0 spiro atoms. The van der Waals surface area contributed by atoms with E-state index in [4.69, 9.17) is 37.5 Å². The largest absolute Gasteiger partial charge is 0.497 e. The molecule has 2 fully saturated rings. The molecule has 3 aromatic carbocycles. The molecule has 18 heteroatoms. The number of rotatable bonds is 24. The van der Waals surface area contributed by atoms with Crippen molar-refractivity contribution in [3.05, 3.63) is 83.9 Å². The Hall–Kier alpha value is -4.22. The zero-order chi connectivity index (χ0) is 44.9. The Bertz CT molecular complexity index is 2040. The van der Waals surface area contributed by atoms with Crippen LogP contribution in [0.25, 0.3) is 0 Å². The monoisotopic (exact) mass is 904 g/mol. The Morgan fingerprint density at radius 3 is 2.23 bits per heavy atom. The van der Waals surface area contributed by atoms with Gasteiger partial charge in [-0.15, -0.1) is 0 Å². The molecule has 1 amide bonds. The first-order chi connectivity index (χ1) is 29.6. The molecule has 16 nitrogen and oxygen atoms in total. The van der Waals surface area contributed by atoms with E-state index in [-0.39, 0.29) is 61.0 Å². The second-order valence-corrected chi connectivity index (χ2v) is 19.6. The first-order valence-electron chi connectivity index (χ1n) is 21.1. The number of fused-ring (bicyclic) bond motifs is 1. The number of nitrogens with zero attached hydrogens (tertiary/aromatic N) is 1. The van der Waals surface area contributed by atoms with Gasteiger partial charge >= 0.3 is 19.7 Å². The standard InChI is InChI=1S/C44H61N2O14PS/c1-7-9-10-32-11-17-36(18-12-32)60-61(50,59-31(5)42(48)54-8-2)29-57-35-15-13-33(14-16-35)25-39(45-44(49)58-41-28-56-43-38(41)23-24-55-43)40(47)27-46(26-30(3)4)62(51,52)37-21-19-34(53-6)20-22-37/h11-22,30-31,38-41,43,47H,7-10,23-29H2,1-6H3,(H,45,49)/t31-,38-,39-,40+,41-,43+,61?/m0/s1. The minimum atomic E-state index is -4.12. The van der Waals surface area contributed by atoms with Crippen molar-refractivity contribution in [3.8, 4) is 17.2 Å². The maximum atomic E-state index is 14.1. The third-order valence-electron chi connectivity index (χ3n) is 10.4. The Balaban J connectivity index is 1.32. The molecule has 2 heterocycles. The molecular formula is C44H61N2O14PS. The summed E-state index contributed by atoms with van der Waals surface area (Å²) in [5.41, 5.74) is 1.73. The molecule has 5 rings (SSSR count). The third-order valence-corrected chi connectivity index (χ3v) is 13.8. The van der Waals surface area contributed by atoms with Crippen LogP contribution in [0.5, 0.6) is 17.2 Å². The van der Waals surface area contributed by atoms with Crippen LogP contribution in [0.3, 0.4) is 0 Å². The lowest BCUT2D eigenvalue weighted by atomic mass is 10.0. The quantitative estimate of drug-likeness (QED) is 0.0710. The van der Waals surface area contributed by atoms with Crippen molar-refractivity contribution < 1.29 is 65.1 Å². The molecule has 2 saturated heterocycles. The van der Waals surface area contributed by atoms with Crippen molar-refractivity contribution in [3.63, 3.8) is 0 Å². The first-order valence-corrected chi connectivity index (χ1v) is 24.3. The van der Waals surface area contributed by atoms with Crippen LogP contribution in [-0.4, -0.2) is 107 Å². The van der Waals surface area contributed by atoms with E-state index in [1.54, 1.807) is 55.5 Å². The van der Waals surface area contributed by atoms with Crippen molar-refractivity contribution in [1.29, 1.82) is 0 Å². The minimum Gasteiger partial charge on any atom is -0.497 e. The van der Waals surface area contributed by atoms with E-state index in [1.165, 1.54) is 30.5 Å². The number of benzene rings is 3. The number of hydrogen-bond donors (Lipinski definition) is 2. The number of sulfonamides is 1. The number of unbranched alkanes of at least 4 members (excludes halogenated alkanes) is 1. The fraction of sp³-hybridized carbons (Fsp3) is 0.545. The Morgan fingerprint density at radius 2 is 1.58 bits per heavy atom. The molecule has 1 unspecified atom stereocenters. The first kappa shape index (κ1) is 48.8. The summed E-state index contributed by atoms with van der Waals surface area (Å²) in [6, 6.07) is 18.7. The summed E-state index contributed by atoms with van der Waals surface area (Å²) in [5, 5.41) is 14.6. The number of alkyl carbamates (subject to hydrolysis) is 1. The lowest BCUT2D eigenvalue weighted by Gasteiger charge is -2.31. The van der Waals surface area contributed by atoms with Crippen molar-refractivity contribution in [1.82, 2.24) is 9.62 Å². The van der Waals surface area contributed by atoms with Crippen LogP contribution in [0.15, 0.2) is 77.7 Å². The summed E-state index contributed by atoms with van der Waals surface area (Å²) < 4.78 is 87.9. The number of nitrogens with one attached hydrogen (secondary N) is 1. The molecule has 0 saturated carbocycles. The average Bonchev–Trinajstić information content (AvgIpc) is 3.88. The second-order valence-electron chi connectivity index (χ2n) is 15.7. The summed E-state index contributed by atoms with van der Waals surface area (Å²) in [7, 11) is -6.72. The van der Waals surface area contributed by atoms with Gasteiger partial charge < -0.3 is 43.4 Å². The summed E-state index contributed by atoms with van der Waals surface area (Å²) in [6.45, 7) is 9.43. The predicted octanol–water partition coefficient (Wildman–Crippen LogP) is 6.72. The molecule has 62 heavy (non-hydrogen) atoms. The van der Waals surface area contributed by atoms with Gasteiger partial charge in [0, 0.05) is 13.1 Å². The number of aryl methyl sites for hydroxylation is 1. The predicted molar refractivity (Wildman–Crippen MR) is 230 cm³/mol. The highest BCUT2D eigenvalue weighted by molar-refractivity contribution is 7.89. The molecule has 0 aliphatic carbocycles. The van der Waals surface area contributed by atoms with Gasteiger partial charge in [0.1, 0.15) is 23.4 Å². The molecule has 3 aromatic rings. The molecular weight excluding hydrogens is 844 g/mol. The Morgan fingerprint density at radius 1 is 0.919 bits per heavy atom. The summed E-state index contributed by atoms with van der Waals surface area (Å²) in [4.78, 5) is 25.9. The van der Waals surface area contributed by atoms with E-state index < -0.39 is 66.7 Å². The minimum absolute atomic E-state index is 0.0243. The summed E-state index contributed by atoms with van der Waals surface area (Å²) in [6.07, 6.45) is -1.28. The fourth-order valence-electron chi connectivity index (χ4n) is 7.07. The smallest absolute Gasteiger partial charge is 0.417 e. The number of esters is 1. The number of ether oxygens (including phenoxy) is 6. The van der Waals surface area contributed by atoms with Crippen LogP contribution in [0, 0.1) is 11.8 Å². The number of carbonyl (C=O) groups is 2. The van der Waals surface area contributed by atoms with Crippen molar-refractivity contribution in [2.45, 2.75) is 102 Å². The van der Waals surface area contributed by atoms with Crippen LogP contribution in [-0.2, 0) is 55.7 Å². The van der Waals surface area contributed by atoms with Gasteiger partial charge in [-0.1, -0.05) is 51.5 Å². The fourth-order valence-corrected chi connectivity index (χ4v) is 10.2. The van der Waals surface area contributed by atoms with Crippen molar-refractivity contribution >= 4 is 29.7 Å². The van der Waals surface area contributed by atoms with Crippen LogP contribution in [0.1, 0.15) is 65.0 Å². The molecule has 2 N–H and O–H groups in total. The maximum absolute atomic E-state index is 14.1. The highest BCUT2D eigenvalue weighted by Crippen LogP contribution is 2.49. The highest BCUT2D eigenvalue weighted by atomic mass is 32.2. The number of amides is 1. The molecule has 342 valence electrons. The molecule has 7 atom stereocenters. The van der Waals surface area contributed by atoms with Crippen LogP contribution >= 0.6 is 7.60 Å². The lowest BCUT2D eigenvalue weighted by molar-refractivity contribution is -0.150. The SMILES string of the molecule is CCCCc1ccc(OP(=O)(COc2ccc(C[C@H](NC(=O)O[C@H]3CO[C@H]4OCC[C@H]43)[C@H](O)CN(CC(C)C)S(=O)(=O)c3ccc(OC)cc3)cc2)O[C@@H](C)C(=O)OCC)cc1. The molecule has 0 radical (unpaired) electrons. The molecule has 0 bridgehead atoms. The summed E-state index contributed by atoms with van der Waals surface area (Å²) in [5.74, 6) is 0.127. The van der Waals surface area contributed by atoms with Gasteiger partial charge in [-0.3, -0.25) is 4.52 Å². The summed E-state index contributed by atoms with van der Waals surface area (Å²) >= 11 is 0. The Kier molecular flexibility index (Phi) is 18.0. The molecule has 0 aromatic heterocycles. The zero-order valence-electron chi connectivity index (χ0n) is 36.3. The van der Waals surface area contributed by atoms with Crippen LogP contribution in [0.4, 0.5) is 4.79 Å². The normalized spacial score (nSPS) is 19.9. The van der Waals surface area contributed by atoms with Gasteiger partial charge in [0.15, 0.2) is 12.4 Å². The van der Waals surface area contributed by atoms with Gasteiger partial charge in [0.25, 0.3) is 0 Å². The number of carbonyl (C=O) groups excluding carboxylic acids is 2. The topological polar surface area (TPSA) is 195 Å². The van der Waals surface area contributed by atoms with E-state index in [1.807, 2.05) is 26.0 Å². The van der Waals surface area contributed by atoms with Crippen molar-refractivity contribution in [2.24, 2.45) is 11.8 Å². The van der Waals surface area contributed by atoms with E-state index in [9.17, 15) is 27.7 Å². The van der Waals surface area contributed by atoms with Gasteiger partial charge in [-0.2, -0.15) is 4.31 Å². The maximum Gasteiger partial charge on any atom is 0.417 e. The lowest BCUT2D eigenvalue weighted by Crippen LogP contribution is -2.51. The van der Waals surface area contributed by atoms with Crippen LogP contribution < -0.4 is 19.3 Å².